The van der Waals surface area contributed by atoms with Crippen molar-refractivity contribution >= 4 is 23.2 Å². The van der Waals surface area contributed by atoms with Crippen molar-refractivity contribution in [3.05, 3.63) is 69.2 Å². The summed E-state index contributed by atoms with van der Waals surface area (Å²) in [6.07, 6.45) is -4.35. The van der Waals surface area contributed by atoms with Crippen LogP contribution in [0.15, 0.2) is 42.5 Å². The highest BCUT2D eigenvalue weighted by molar-refractivity contribution is 6.42. The van der Waals surface area contributed by atoms with Crippen LogP contribution in [-0.4, -0.2) is 0 Å². The zero-order valence-electron chi connectivity index (χ0n) is 10.8. The Morgan fingerprint density at radius 1 is 0.905 bits per heavy atom. The molecule has 0 atom stereocenters. The van der Waals surface area contributed by atoms with Crippen molar-refractivity contribution in [2.24, 2.45) is 0 Å². The van der Waals surface area contributed by atoms with E-state index in [1.807, 2.05) is 0 Å². The minimum absolute atomic E-state index is 0.121. The van der Waals surface area contributed by atoms with Crippen LogP contribution < -0.4 is 5.32 Å². The zero-order valence-corrected chi connectivity index (χ0v) is 12.4. The SMILES string of the molecule is FC(F)(F)c1ccccc1CNCc1ccc(Cl)c(Cl)c1. The molecule has 0 amide bonds. The van der Waals surface area contributed by atoms with E-state index >= 15 is 0 Å². The molecule has 0 spiro atoms. The van der Waals surface area contributed by atoms with E-state index in [1.54, 1.807) is 24.3 Å². The standard InChI is InChI=1S/C15H12Cl2F3N/c16-13-6-5-10(7-14(13)17)8-21-9-11-3-1-2-4-12(11)15(18,19)20/h1-7,21H,8-9H2. The highest BCUT2D eigenvalue weighted by atomic mass is 35.5. The monoisotopic (exact) mass is 333 g/mol. The van der Waals surface area contributed by atoms with E-state index in [-0.39, 0.29) is 12.1 Å². The molecule has 0 aliphatic heterocycles. The first kappa shape index (κ1) is 16.1. The third kappa shape index (κ3) is 4.37. The molecule has 1 N–H and O–H groups in total. The summed E-state index contributed by atoms with van der Waals surface area (Å²) >= 11 is 11.7. The molecule has 0 saturated carbocycles. The van der Waals surface area contributed by atoms with Crippen LogP contribution in [0.1, 0.15) is 16.7 Å². The highest BCUT2D eigenvalue weighted by Crippen LogP contribution is 2.31. The first-order valence-electron chi connectivity index (χ1n) is 6.17. The number of halogens is 5. The fourth-order valence-electron chi connectivity index (χ4n) is 1.94. The predicted molar refractivity (Wildman–Crippen MR) is 78.4 cm³/mol. The molecule has 0 fully saturated rings. The summed E-state index contributed by atoms with van der Waals surface area (Å²) < 4.78 is 38.5. The fraction of sp³-hybridized carbons (Fsp3) is 0.200. The predicted octanol–water partition coefficient (Wildman–Crippen LogP) is 5.30. The summed E-state index contributed by atoms with van der Waals surface area (Å²) in [5, 5.41) is 3.85. The molecule has 2 aromatic carbocycles. The van der Waals surface area contributed by atoms with Crippen LogP contribution >= 0.6 is 23.2 Å². The van der Waals surface area contributed by atoms with Crippen molar-refractivity contribution in [1.29, 1.82) is 0 Å². The maximum atomic E-state index is 12.8. The van der Waals surface area contributed by atoms with E-state index in [9.17, 15) is 13.2 Å². The molecule has 0 saturated heterocycles. The molecular formula is C15H12Cl2F3N. The number of benzene rings is 2. The van der Waals surface area contributed by atoms with Gasteiger partial charge in [-0.2, -0.15) is 13.2 Å². The van der Waals surface area contributed by atoms with Gasteiger partial charge in [-0.25, -0.2) is 0 Å². The molecule has 0 unspecified atom stereocenters. The second-order valence-electron chi connectivity index (χ2n) is 4.51. The van der Waals surface area contributed by atoms with Gasteiger partial charge in [0.15, 0.2) is 0 Å². The number of hydrogen-bond acceptors (Lipinski definition) is 1. The van der Waals surface area contributed by atoms with Crippen LogP contribution in [0, 0.1) is 0 Å². The molecular weight excluding hydrogens is 322 g/mol. The Balaban J connectivity index is 2.02. The van der Waals surface area contributed by atoms with Gasteiger partial charge in [0.1, 0.15) is 0 Å². The number of rotatable bonds is 4. The molecule has 1 nitrogen and oxygen atoms in total. The average molecular weight is 334 g/mol. The summed E-state index contributed by atoms with van der Waals surface area (Å²) in [6, 6.07) is 10.6. The Hall–Kier alpha value is -1.23. The average Bonchev–Trinajstić information content (AvgIpc) is 2.42. The van der Waals surface area contributed by atoms with Crippen molar-refractivity contribution in [3.8, 4) is 0 Å². The lowest BCUT2D eigenvalue weighted by molar-refractivity contribution is -0.138. The molecule has 0 radical (unpaired) electrons. The third-order valence-electron chi connectivity index (χ3n) is 2.95. The van der Waals surface area contributed by atoms with Gasteiger partial charge >= 0.3 is 6.18 Å². The Kier molecular flexibility index (Phi) is 5.14. The van der Waals surface area contributed by atoms with E-state index in [0.29, 0.717) is 16.6 Å². The van der Waals surface area contributed by atoms with Gasteiger partial charge in [-0.1, -0.05) is 47.5 Å². The topological polar surface area (TPSA) is 12.0 Å². The summed E-state index contributed by atoms with van der Waals surface area (Å²) in [6.45, 7) is 0.527. The third-order valence-corrected chi connectivity index (χ3v) is 3.69. The summed E-state index contributed by atoms with van der Waals surface area (Å²) in [5.74, 6) is 0. The smallest absolute Gasteiger partial charge is 0.309 e. The van der Waals surface area contributed by atoms with Gasteiger partial charge in [0, 0.05) is 13.1 Å². The van der Waals surface area contributed by atoms with Gasteiger partial charge < -0.3 is 5.32 Å². The van der Waals surface area contributed by atoms with Gasteiger partial charge in [-0.15, -0.1) is 0 Å². The second kappa shape index (κ2) is 6.69. The quantitative estimate of drug-likeness (QED) is 0.800. The van der Waals surface area contributed by atoms with Crippen LogP contribution in [0.4, 0.5) is 13.2 Å². The lowest BCUT2D eigenvalue weighted by Crippen LogP contribution is -2.17. The van der Waals surface area contributed by atoms with E-state index in [2.05, 4.69) is 5.32 Å². The van der Waals surface area contributed by atoms with E-state index in [4.69, 9.17) is 23.2 Å². The largest absolute Gasteiger partial charge is 0.416 e. The number of nitrogens with one attached hydrogen (secondary N) is 1. The molecule has 2 aromatic rings. The minimum Gasteiger partial charge on any atom is -0.309 e. The summed E-state index contributed by atoms with van der Waals surface area (Å²) in [4.78, 5) is 0. The number of alkyl halides is 3. The fourth-order valence-corrected chi connectivity index (χ4v) is 2.26. The van der Waals surface area contributed by atoms with Gasteiger partial charge in [0.25, 0.3) is 0 Å². The van der Waals surface area contributed by atoms with Crippen molar-refractivity contribution < 1.29 is 13.2 Å². The van der Waals surface area contributed by atoms with Crippen molar-refractivity contribution in [2.45, 2.75) is 19.3 Å². The Bertz CT molecular complexity index is 627. The summed E-state index contributed by atoms with van der Waals surface area (Å²) in [5.41, 5.74) is 0.450. The van der Waals surface area contributed by atoms with Gasteiger partial charge in [-0.05, 0) is 29.3 Å². The summed E-state index contributed by atoms with van der Waals surface area (Å²) in [7, 11) is 0. The Morgan fingerprint density at radius 2 is 1.62 bits per heavy atom. The molecule has 0 aliphatic rings. The maximum absolute atomic E-state index is 12.8. The normalized spacial score (nSPS) is 11.7. The highest BCUT2D eigenvalue weighted by Gasteiger charge is 2.32. The van der Waals surface area contributed by atoms with Crippen LogP contribution in [0.2, 0.25) is 10.0 Å². The first-order chi connectivity index (χ1) is 9.88. The van der Waals surface area contributed by atoms with E-state index in [1.165, 1.54) is 12.1 Å². The Morgan fingerprint density at radius 3 is 2.29 bits per heavy atom. The molecule has 112 valence electrons. The minimum atomic E-state index is -4.35. The van der Waals surface area contributed by atoms with E-state index < -0.39 is 11.7 Å². The van der Waals surface area contributed by atoms with Crippen LogP contribution in [0.5, 0.6) is 0 Å². The molecule has 2 rings (SSSR count). The maximum Gasteiger partial charge on any atom is 0.416 e. The van der Waals surface area contributed by atoms with Crippen LogP contribution in [0.3, 0.4) is 0 Å². The Labute approximate surface area is 130 Å². The van der Waals surface area contributed by atoms with E-state index in [0.717, 1.165) is 11.6 Å². The van der Waals surface area contributed by atoms with Crippen molar-refractivity contribution in [2.75, 3.05) is 0 Å². The molecule has 0 heterocycles. The molecule has 6 heteroatoms. The first-order valence-corrected chi connectivity index (χ1v) is 6.93. The van der Waals surface area contributed by atoms with Crippen LogP contribution in [0.25, 0.3) is 0 Å². The molecule has 21 heavy (non-hydrogen) atoms. The van der Waals surface area contributed by atoms with Gasteiger partial charge in [-0.3, -0.25) is 0 Å². The zero-order chi connectivity index (χ0) is 15.5. The number of hydrogen-bond donors (Lipinski definition) is 1. The molecule has 0 aliphatic carbocycles. The lowest BCUT2D eigenvalue weighted by atomic mass is 10.1. The molecule has 0 aromatic heterocycles. The van der Waals surface area contributed by atoms with Crippen molar-refractivity contribution in [3.63, 3.8) is 0 Å². The molecule has 0 bridgehead atoms. The van der Waals surface area contributed by atoms with Crippen LogP contribution in [-0.2, 0) is 19.3 Å². The van der Waals surface area contributed by atoms with Crippen molar-refractivity contribution in [1.82, 2.24) is 5.32 Å². The van der Waals surface area contributed by atoms with Gasteiger partial charge in [0.2, 0.25) is 0 Å². The lowest BCUT2D eigenvalue weighted by Gasteiger charge is -2.13. The second-order valence-corrected chi connectivity index (χ2v) is 5.32. The van der Waals surface area contributed by atoms with Gasteiger partial charge in [0.05, 0.1) is 15.6 Å².